The van der Waals surface area contributed by atoms with E-state index in [0.29, 0.717) is 29.9 Å². The molecular weight excluding hydrogens is 384 g/mol. The number of nitrogens with one attached hydrogen (secondary N) is 1. The van der Waals surface area contributed by atoms with Crippen molar-refractivity contribution in [2.75, 3.05) is 27.3 Å². The van der Waals surface area contributed by atoms with Crippen LogP contribution in [-0.4, -0.2) is 64.8 Å². The maximum absolute atomic E-state index is 13.3. The SMILES string of the molecule is COc1cccn2ncc(C(=O)NC3(C)CN(C(=O)C45CCC(OC)(CC4)C5)C3)c12. The van der Waals surface area contributed by atoms with Gasteiger partial charge in [0.05, 0.1) is 35.4 Å². The van der Waals surface area contributed by atoms with Gasteiger partial charge in [-0.15, -0.1) is 0 Å². The van der Waals surface area contributed by atoms with E-state index < -0.39 is 5.54 Å². The number of ether oxygens (including phenoxy) is 2. The van der Waals surface area contributed by atoms with Crippen molar-refractivity contribution in [3.05, 3.63) is 30.1 Å². The fourth-order valence-electron chi connectivity index (χ4n) is 5.76. The molecule has 30 heavy (non-hydrogen) atoms. The van der Waals surface area contributed by atoms with Gasteiger partial charge < -0.3 is 19.7 Å². The Hall–Kier alpha value is -2.61. The fraction of sp³-hybridized carbons (Fsp3) is 0.591. The molecule has 0 radical (unpaired) electrons. The highest BCUT2D eigenvalue weighted by Gasteiger charge is 2.61. The van der Waals surface area contributed by atoms with Crippen LogP contribution in [0, 0.1) is 5.41 Å². The van der Waals surface area contributed by atoms with Gasteiger partial charge in [-0.3, -0.25) is 9.59 Å². The number of carbonyl (C=O) groups is 2. The lowest BCUT2D eigenvalue weighted by atomic mass is 9.80. The highest BCUT2D eigenvalue weighted by Crippen LogP contribution is 2.59. The predicted molar refractivity (Wildman–Crippen MR) is 109 cm³/mol. The molecule has 1 saturated heterocycles. The number of pyridine rings is 1. The third-order valence-corrected chi connectivity index (χ3v) is 7.42. The molecule has 2 bridgehead atoms. The summed E-state index contributed by atoms with van der Waals surface area (Å²) in [4.78, 5) is 28.1. The highest BCUT2D eigenvalue weighted by atomic mass is 16.5. The van der Waals surface area contributed by atoms with E-state index in [0.717, 1.165) is 32.1 Å². The second-order valence-electron chi connectivity index (χ2n) is 9.45. The smallest absolute Gasteiger partial charge is 0.255 e. The molecule has 5 rings (SSSR count). The average molecular weight is 412 g/mol. The first-order chi connectivity index (χ1) is 14.3. The number of amides is 2. The molecule has 3 fully saturated rings. The molecule has 160 valence electrons. The zero-order valence-corrected chi connectivity index (χ0v) is 17.7. The molecule has 3 aliphatic rings. The van der Waals surface area contributed by atoms with Crippen LogP contribution >= 0.6 is 0 Å². The fourth-order valence-corrected chi connectivity index (χ4v) is 5.76. The summed E-state index contributed by atoms with van der Waals surface area (Å²) >= 11 is 0. The van der Waals surface area contributed by atoms with Gasteiger partial charge in [0.1, 0.15) is 11.3 Å². The summed E-state index contributed by atoms with van der Waals surface area (Å²) in [5.74, 6) is 0.615. The van der Waals surface area contributed by atoms with E-state index in [2.05, 4.69) is 10.4 Å². The van der Waals surface area contributed by atoms with Crippen molar-refractivity contribution in [1.82, 2.24) is 19.8 Å². The third kappa shape index (κ3) is 2.73. The molecule has 1 aliphatic heterocycles. The molecular formula is C22H28N4O4. The number of likely N-dealkylation sites (tertiary alicyclic amines) is 1. The summed E-state index contributed by atoms with van der Waals surface area (Å²) in [5.41, 5.74) is 0.293. The van der Waals surface area contributed by atoms with Crippen LogP contribution in [-0.2, 0) is 9.53 Å². The number of hydrogen-bond acceptors (Lipinski definition) is 5. The van der Waals surface area contributed by atoms with Crippen LogP contribution in [0.4, 0.5) is 0 Å². The second kappa shape index (κ2) is 6.44. The van der Waals surface area contributed by atoms with Crippen LogP contribution in [0.1, 0.15) is 49.4 Å². The van der Waals surface area contributed by atoms with Gasteiger partial charge in [0.15, 0.2) is 0 Å². The molecule has 2 saturated carbocycles. The molecule has 2 aromatic heterocycles. The number of aromatic nitrogens is 2. The molecule has 8 heteroatoms. The average Bonchev–Trinajstić information content (AvgIpc) is 3.43. The summed E-state index contributed by atoms with van der Waals surface area (Å²) in [6.07, 6.45) is 7.91. The summed E-state index contributed by atoms with van der Waals surface area (Å²) in [5, 5.41) is 7.36. The van der Waals surface area contributed by atoms with Crippen LogP contribution < -0.4 is 10.1 Å². The van der Waals surface area contributed by atoms with Gasteiger partial charge in [-0.2, -0.15) is 5.10 Å². The van der Waals surface area contributed by atoms with E-state index in [1.807, 2.05) is 24.0 Å². The van der Waals surface area contributed by atoms with E-state index in [9.17, 15) is 9.59 Å². The number of hydrogen-bond donors (Lipinski definition) is 1. The summed E-state index contributed by atoms with van der Waals surface area (Å²) in [6, 6.07) is 3.63. The molecule has 2 aromatic rings. The lowest BCUT2D eigenvalue weighted by Gasteiger charge is -2.50. The Kier molecular flexibility index (Phi) is 4.16. The molecule has 2 amide bonds. The second-order valence-corrected chi connectivity index (χ2v) is 9.45. The topological polar surface area (TPSA) is 85.2 Å². The standard InChI is InChI=1S/C22H28N4O4/c1-20(24-18(27)15-11-23-26-10-4-5-16(29-2)17(15)26)13-25(14-20)19(28)21-6-8-22(12-21,30-3)9-7-21/h4-5,10-11H,6-9,12-14H2,1-3H3,(H,24,27). The van der Waals surface area contributed by atoms with Gasteiger partial charge in [0.25, 0.3) is 5.91 Å². The van der Waals surface area contributed by atoms with Crippen LogP contribution in [0.15, 0.2) is 24.5 Å². The van der Waals surface area contributed by atoms with Crippen molar-refractivity contribution >= 4 is 17.3 Å². The number of methoxy groups -OCH3 is 2. The van der Waals surface area contributed by atoms with Crippen molar-refractivity contribution in [1.29, 1.82) is 0 Å². The van der Waals surface area contributed by atoms with Crippen molar-refractivity contribution in [2.24, 2.45) is 5.41 Å². The van der Waals surface area contributed by atoms with E-state index in [1.165, 1.54) is 0 Å². The molecule has 0 atom stereocenters. The van der Waals surface area contributed by atoms with Crippen LogP contribution in [0.25, 0.3) is 5.52 Å². The molecule has 2 aliphatic carbocycles. The van der Waals surface area contributed by atoms with Gasteiger partial charge in [-0.25, -0.2) is 4.52 Å². The first kappa shape index (κ1) is 19.4. The Bertz CT molecular complexity index is 1020. The van der Waals surface area contributed by atoms with Gasteiger partial charge >= 0.3 is 0 Å². The lowest BCUT2D eigenvalue weighted by Crippen LogP contribution is -2.71. The summed E-state index contributed by atoms with van der Waals surface area (Å²) in [6.45, 7) is 3.03. The quantitative estimate of drug-likeness (QED) is 0.812. The van der Waals surface area contributed by atoms with Gasteiger partial charge in [0, 0.05) is 26.4 Å². The lowest BCUT2D eigenvalue weighted by molar-refractivity contribution is -0.150. The van der Waals surface area contributed by atoms with E-state index >= 15 is 0 Å². The first-order valence-electron chi connectivity index (χ1n) is 10.5. The number of fused-ring (bicyclic) bond motifs is 3. The summed E-state index contributed by atoms with van der Waals surface area (Å²) < 4.78 is 12.8. The molecule has 0 spiro atoms. The molecule has 1 N–H and O–H groups in total. The van der Waals surface area contributed by atoms with E-state index in [-0.39, 0.29) is 22.8 Å². The highest BCUT2D eigenvalue weighted by molar-refractivity contribution is 6.02. The van der Waals surface area contributed by atoms with Crippen molar-refractivity contribution in [3.8, 4) is 5.75 Å². The first-order valence-corrected chi connectivity index (χ1v) is 10.5. The van der Waals surface area contributed by atoms with Crippen LogP contribution in [0.2, 0.25) is 0 Å². The third-order valence-electron chi connectivity index (χ3n) is 7.42. The van der Waals surface area contributed by atoms with Gasteiger partial charge in [0.2, 0.25) is 5.91 Å². The Morgan fingerprint density at radius 2 is 1.90 bits per heavy atom. The van der Waals surface area contributed by atoms with Crippen LogP contribution in [0.5, 0.6) is 5.75 Å². The minimum atomic E-state index is -0.449. The number of carbonyl (C=O) groups excluding carboxylic acids is 2. The van der Waals surface area contributed by atoms with E-state index in [1.54, 1.807) is 31.1 Å². The normalized spacial score (nSPS) is 29.1. The largest absolute Gasteiger partial charge is 0.494 e. The van der Waals surface area contributed by atoms with Gasteiger partial charge in [-0.05, 0) is 51.2 Å². The minimum Gasteiger partial charge on any atom is -0.494 e. The van der Waals surface area contributed by atoms with Crippen molar-refractivity contribution in [2.45, 2.75) is 50.2 Å². The Morgan fingerprint density at radius 3 is 2.53 bits per heavy atom. The van der Waals surface area contributed by atoms with E-state index in [4.69, 9.17) is 9.47 Å². The van der Waals surface area contributed by atoms with Gasteiger partial charge in [-0.1, -0.05) is 0 Å². The molecule has 0 aromatic carbocycles. The maximum Gasteiger partial charge on any atom is 0.255 e. The predicted octanol–water partition coefficient (Wildman–Crippen LogP) is 2.02. The Morgan fingerprint density at radius 1 is 1.17 bits per heavy atom. The van der Waals surface area contributed by atoms with Crippen molar-refractivity contribution < 1.29 is 19.1 Å². The Balaban J connectivity index is 1.27. The van der Waals surface area contributed by atoms with Crippen molar-refractivity contribution in [3.63, 3.8) is 0 Å². The monoisotopic (exact) mass is 412 g/mol. The number of rotatable bonds is 5. The number of nitrogens with zero attached hydrogens (tertiary/aromatic N) is 3. The van der Waals surface area contributed by atoms with Crippen LogP contribution in [0.3, 0.4) is 0 Å². The molecule has 0 unspecified atom stereocenters. The zero-order valence-electron chi connectivity index (χ0n) is 17.7. The maximum atomic E-state index is 13.3. The molecule has 3 heterocycles. The molecule has 8 nitrogen and oxygen atoms in total. The zero-order chi connectivity index (χ0) is 21.1. The summed E-state index contributed by atoms with van der Waals surface area (Å²) in [7, 11) is 3.34. The Labute approximate surface area is 175 Å². The minimum absolute atomic E-state index is 0.0966.